The van der Waals surface area contributed by atoms with Crippen LogP contribution in [0.15, 0.2) is 48.8 Å². The first-order valence-electron chi connectivity index (χ1n) is 6.96. The van der Waals surface area contributed by atoms with Crippen LogP contribution in [0.25, 0.3) is 11.0 Å². The van der Waals surface area contributed by atoms with Gasteiger partial charge in [-0.2, -0.15) is 0 Å². The normalized spacial score (nSPS) is 10.8. The fourth-order valence-electron chi connectivity index (χ4n) is 2.34. The minimum absolute atomic E-state index is 0.759. The van der Waals surface area contributed by atoms with Gasteiger partial charge in [-0.05, 0) is 36.2 Å². The summed E-state index contributed by atoms with van der Waals surface area (Å²) in [5.41, 5.74) is 3.43. The molecule has 0 aliphatic rings. The van der Waals surface area contributed by atoms with Crippen LogP contribution in [0, 0.1) is 0 Å². The number of imidazole rings is 1. The van der Waals surface area contributed by atoms with Crippen molar-refractivity contribution in [3.63, 3.8) is 0 Å². The van der Waals surface area contributed by atoms with Crippen LogP contribution in [-0.2, 0) is 13.1 Å². The summed E-state index contributed by atoms with van der Waals surface area (Å²) in [7, 11) is 0. The summed E-state index contributed by atoms with van der Waals surface area (Å²) in [6.07, 6.45) is 4.71. The van der Waals surface area contributed by atoms with E-state index < -0.39 is 0 Å². The quantitative estimate of drug-likeness (QED) is 0.769. The second-order valence-electron chi connectivity index (χ2n) is 4.78. The molecule has 4 nitrogen and oxygen atoms in total. The number of benzene rings is 1. The standard InChI is InChI=1S/C16H18N4/c1-2-11-20-15-6-4-3-5-14(15)19-16(20)18-12-13-7-9-17-10-8-13/h3-10H,2,11-12H2,1H3,(H,18,19). The second kappa shape index (κ2) is 5.74. The van der Waals surface area contributed by atoms with Crippen LogP contribution < -0.4 is 5.32 Å². The number of anilines is 1. The Labute approximate surface area is 118 Å². The summed E-state index contributed by atoms with van der Waals surface area (Å²) < 4.78 is 2.25. The van der Waals surface area contributed by atoms with Crippen LogP contribution in [0.3, 0.4) is 0 Å². The lowest BCUT2D eigenvalue weighted by Gasteiger charge is -2.09. The zero-order valence-corrected chi connectivity index (χ0v) is 11.6. The summed E-state index contributed by atoms with van der Waals surface area (Å²) >= 11 is 0. The zero-order valence-electron chi connectivity index (χ0n) is 11.6. The number of fused-ring (bicyclic) bond motifs is 1. The molecule has 1 aromatic carbocycles. The van der Waals surface area contributed by atoms with Gasteiger partial charge in [0.1, 0.15) is 0 Å². The molecule has 0 spiro atoms. The third-order valence-electron chi connectivity index (χ3n) is 3.30. The summed E-state index contributed by atoms with van der Waals surface area (Å²) in [5, 5.41) is 3.43. The van der Waals surface area contributed by atoms with Crippen molar-refractivity contribution in [3.8, 4) is 0 Å². The maximum absolute atomic E-state index is 4.68. The van der Waals surface area contributed by atoms with E-state index in [1.165, 1.54) is 11.1 Å². The van der Waals surface area contributed by atoms with E-state index in [1.54, 1.807) is 0 Å². The van der Waals surface area contributed by atoms with Crippen molar-refractivity contribution in [1.82, 2.24) is 14.5 Å². The molecular formula is C16H18N4. The molecule has 3 aromatic rings. The number of pyridine rings is 1. The Morgan fingerprint density at radius 3 is 2.70 bits per heavy atom. The maximum atomic E-state index is 4.68. The maximum Gasteiger partial charge on any atom is 0.204 e. The fraction of sp³-hybridized carbons (Fsp3) is 0.250. The Balaban J connectivity index is 1.88. The highest BCUT2D eigenvalue weighted by Crippen LogP contribution is 2.20. The predicted octanol–water partition coefficient (Wildman–Crippen LogP) is 3.45. The van der Waals surface area contributed by atoms with E-state index in [0.29, 0.717) is 0 Å². The Morgan fingerprint density at radius 1 is 1.10 bits per heavy atom. The molecule has 0 fully saturated rings. The highest BCUT2D eigenvalue weighted by atomic mass is 15.2. The molecule has 0 aliphatic heterocycles. The van der Waals surface area contributed by atoms with Crippen molar-refractivity contribution < 1.29 is 0 Å². The molecule has 102 valence electrons. The first kappa shape index (κ1) is 12.7. The Hall–Kier alpha value is -2.36. The van der Waals surface area contributed by atoms with Crippen molar-refractivity contribution in [3.05, 3.63) is 54.4 Å². The first-order chi connectivity index (χ1) is 9.88. The molecule has 0 saturated carbocycles. The third-order valence-corrected chi connectivity index (χ3v) is 3.30. The van der Waals surface area contributed by atoms with Crippen molar-refractivity contribution in [2.75, 3.05) is 5.32 Å². The second-order valence-corrected chi connectivity index (χ2v) is 4.78. The summed E-state index contributed by atoms with van der Waals surface area (Å²) in [6, 6.07) is 12.3. The predicted molar refractivity (Wildman–Crippen MR) is 81.6 cm³/mol. The van der Waals surface area contributed by atoms with Gasteiger partial charge in [-0.3, -0.25) is 4.98 Å². The molecule has 0 aliphatic carbocycles. The lowest BCUT2D eigenvalue weighted by atomic mass is 10.3. The molecule has 0 unspecified atom stereocenters. The van der Waals surface area contributed by atoms with Crippen molar-refractivity contribution >= 4 is 17.0 Å². The van der Waals surface area contributed by atoms with Gasteiger partial charge < -0.3 is 9.88 Å². The SMILES string of the molecule is CCCn1c(NCc2ccncc2)nc2ccccc21. The van der Waals surface area contributed by atoms with E-state index in [0.717, 1.165) is 31.0 Å². The van der Waals surface area contributed by atoms with Gasteiger partial charge in [-0.1, -0.05) is 19.1 Å². The largest absolute Gasteiger partial charge is 0.352 e. The van der Waals surface area contributed by atoms with E-state index in [9.17, 15) is 0 Å². The number of nitrogens with zero attached hydrogens (tertiary/aromatic N) is 3. The molecule has 0 bridgehead atoms. The first-order valence-corrected chi connectivity index (χ1v) is 6.96. The van der Waals surface area contributed by atoms with Gasteiger partial charge in [0.15, 0.2) is 0 Å². The lowest BCUT2D eigenvalue weighted by molar-refractivity contribution is 0.700. The van der Waals surface area contributed by atoms with E-state index >= 15 is 0 Å². The number of aromatic nitrogens is 3. The van der Waals surface area contributed by atoms with Crippen molar-refractivity contribution in [1.29, 1.82) is 0 Å². The average Bonchev–Trinajstić information content (AvgIpc) is 2.85. The number of aryl methyl sites for hydroxylation is 1. The van der Waals surface area contributed by atoms with Crippen LogP contribution in [-0.4, -0.2) is 14.5 Å². The molecule has 2 heterocycles. The highest BCUT2D eigenvalue weighted by molar-refractivity contribution is 5.78. The smallest absolute Gasteiger partial charge is 0.204 e. The Kier molecular flexibility index (Phi) is 3.63. The van der Waals surface area contributed by atoms with Crippen LogP contribution in [0.4, 0.5) is 5.95 Å². The molecule has 3 rings (SSSR count). The van der Waals surface area contributed by atoms with E-state index in [1.807, 2.05) is 30.6 Å². The Morgan fingerprint density at radius 2 is 1.90 bits per heavy atom. The summed E-state index contributed by atoms with van der Waals surface area (Å²) in [5.74, 6) is 0.935. The molecule has 0 saturated heterocycles. The molecular weight excluding hydrogens is 248 g/mol. The lowest BCUT2D eigenvalue weighted by Crippen LogP contribution is -2.07. The Bertz CT molecular complexity index is 688. The van der Waals surface area contributed by atoms with Gasteiger partial charge in [0.25, 0.3) is 0 Å². The summed E-state index contributed by atoms with van der Waals surface area (Å²) in [6.45, 7) is 3.91. The molecule has 0 radical (unpaired) electrons. The molecule has 2 aromatic heterocycles. The van der Waals surface area contributed by atoms with Crippen LogP contribution in [0.5, 0.6) is 0 Å². The molecule has 0 atom stereocenters. The number of para-hydroxylation sites is 2. The molecule has 4 heteroatoms. The van der Waals surface area contributed by atoms with E-state index in [-0.39, 0.29) is 0 Å². The molecule has 20 heavy (non-hydrogen) atoms. The third kappa shape index (κ3) is 2.50. The zero-order chi connectivity index (χ0) is 13.8. The monoisotopic (exact) mass is 266 g/mol. The van der Waals surface area contributed by atoms with Crippen LogP contribution in [0.2, 0.25) is 0 Å². The minimum Gasteiger partial charge on any atom is -0.352 e. The fourth-order valence-corrected chi connectivity index (χ4v) is 2.34. The average molecular weight is 266 g/mol. The number of hydrogen-bond donors (Lipinski definition) is 1. The van der Waals surface area contributed by atoms with Gasteiger partial charge in [0, 0.05) is 25.5 Å². The summed E-state index contributed by atoms with van der Waals surface area (Å²) in [4.78, 5) is 8.72. The van der Waals surface area contributed by atoms with E-state index in [4.69, 9.17) is 0 Å². The molecule has 1 N–H and O–H groups in total. The van der Waals surface area contributed by atoms with Crippen molar-refractivity contribution in [2.45, 2.75) is 26.4 Å². The van der Waals surface area contributed by atoms with Gasteiger partial charge in [0.05, 0.1) is 11.0 Å². The van der Waals surface area contributed by atoms with Gasteiger partial charge in [0.2, 0.25) is 5.95 Å². The van der Waals surface area contributed by atoms with Crippen molar-refractivity contribution in [2.24, 2.45) is 0 Å². The number of rotatable bonds is 5. The van der Waals surface area contributed by atoms with E-state index in [2.05, 4.69) is 45.0 Å². The highest BCUT2D eigenvalue weighted by Gasteiger charge is 2.08. The minimum atomic E-state index is 0.759. The molecule has 0 amide bonds. The van der Waals surface area contributed by atoms with Crippen LogP contribution >= 0.6 is 0 Å². The van der Waals surface area contributed by atoms with Gasteiger partial charge >= 0.3 is 0 Å². The number of nitrogens with one attached hydrogen (secondary N) is 1. The topological polar surface area (TPSA) is 42.7 Å². The van der Waals surface area contributed by atoms with Crippen LogP contribution in [0.1, 0.15) is 18.9 Å². The van der Waals surface area contributed by atoms with Gasteiger partial charge in [-0.15, -0.1) is 0 Å². The number of hydrogen-bond acceptors (Lipinski definition) is 3. The van der Waals surface area contributed by atoms with Gasteiger partial charge in [-0.25, -0.2) is 4.98 Å².